The summed E-state index contributed by atoms with van der Waals surface area (Å²) in [4.78, 5) is 15.7. The number of amides is 1. The van der Waals surface area contributed by atoms with Crippen molar-refractivity contribution in [2.45, 2.75) is 18.8 Å². The van der Waals surface area contributed by atoms with Crippen molar-refractivity contribution in [1.29, 1.82) is 0 Å². The number of anilines is 2. The van der Waals surface area contributed by atoms with Crippen LogP contribution in [0.2, 0.25) is 0 Å². The fraction of sp³-hybridized carbons (Fsp3) is 0.273. The van der Waals surface area contributed by atoms with Crippen molar-refractivity contribution in [3.05, 3.63) is 29.9 Å². The molecule has 2 heterocycles. The Morgan fingerprint density at radius 3 is 2.89 bits per heavy atom. The molecule has 0 aliphatic heterocycles. The van der Waals surface area contributed by atoms with E-state index in [1.54, 1.807) is 6.07 Å². The van der Waals surface area contributed by atoms with Crippen LogP contribution in [0.4, 0.5) is 11.7 Å². The van der Waals surface area contributed by atoms with Gasteiger partial charge in [0.25, 0.3) is 5.91 Å². The summed E-state index contributed by atoms with van der Waals surface area (Å²) < 4.78 is 5.32. The van der Waals surface area contributed by atoms with Crippen LogP contribution in [0, 0.1) is 0 Å². The van der Waals surface area contributed by atoms with Crippen molar-refractivity contribution in [2.24, 2.45) is 0 Å². The third-order valence-electron chi connectivity index (χ3n) is 2.61. The Kier molecular flexibility index (Phi) is 2.44. The van der Waals surface area contributed by atoms with Crippen LogP contribution in [0.25, 0.3) is 0 Å². The topological polar surface area (TPSA) is 107 Å². The van der Waals surface area contributed by atoms with Crippen LogP contribution >= 0.6 is 0 Å². The Balaban J connectivity index is 1.70. The molecule has 0 bridgehead atoms. The molecule has 2 aromatic rings. The SMILES string of the molecule is Nc1ccc(C(=O)Nc2nnc(C3CC3)o2)nc1. The number of nitrogens with one attached hydrogen (secondary N) is 1. The van der Waals surface area contributed by atoms with E-state index in [1.807, 2.05) is 0 Å². The maximum absolute atomic E-state index is 11.8. The molecule has 1 aliphatic rings. The molecule has 0 spiro atoms. The van der Waals surface area contributed by atoms with E-state index in [4.69, 9.17) is 10.2 Å². The van der Waals surface area contributed by atoms with Crippen molar-refractivity contribution in [2.75, 3.05) is 11.1 Å². The maximum Gasteiger partial charge on any atom is 0.322 e. The van der Waals surface area contributed by atoms with Crippen molar-refractivity contribution in [3.8, 4) is 0 Å². The number of nitrogens with zero attached hydrogens (tertiary/aromatic N) is 3. The highest BCUT2D eigenvalue weighted by Gasteiger charge is 2.29. The van der Waals surface area contributed by atoms with Gasteiger partial charge in [0.1, 0.15) is 5.69 Å². The number of hydrogen-bond donors (Lipinski definition) is 2. The van der Waals surface area contributed by atoms with Gasteiger partial charge in [-0.2, -0.15) is 0 Å². The number of pyridine rings is 1. The molecule has 0 saturated heterocycles. The lowest BCUT2D eigenvalue weighted by atomic mass is 10.3. The van der Waals surface area contributed by atoms with Crippen LogP contribution < -0.4 is 11.1 Å². The monoisotopic (exact) mass is 245 g/mol. The summed E-state index contributed by atoms with van der Waals surface area (Å²) in [5.74, 6) is 0.536. The number of aromatic nitrogens is 3. The maximum atomic E-state index is 11.8. The third-order valence-corrected chi connectivity index (χ3v) is 2.61. The molecule has 92 valence electrons. The lowest BCUT2D eigenvalue weighted by Crippen LogP contribution is -2.13. The van der Waals surface area contributed by atoms with E-state index in [1.165, 1.54) is 12.3 Å². The van der Waals surface area contributed by atoms with E-state index in [0.717, 1.165) is 12.8 Å². The average molecular weight is 245 g/mol. The van der Waals surface area contributed by atoms with Crippen LogP contribution in [0.5, 0.6) is 0 Å². The average Bonchev–Trinajstić information content (AvgIpc) is 3.11. The molecule has 18 heavy (non-hydrogen) atoms. The quantitative estimate of drug-likeness (QED) is 0.840. The lowest BCUT2D eigenvalue weighted by Gasteiger charge is -1.99. The predicted octanol–water partition coefficient (Wildman–Crippen LogP) is 1.18. The lowest BCUT2D eigenvalue weighted by molar-refractivity contribution is 0.101. The molecule has 7 heteroatoms. The molecule has 0 unspecified atom stereocenters. The van der Waals surface area contributed by atoms with Crippen LogP contribution in [-0.4, -0.2) is 21.1 Å². The molecule has 2 aromatic heterocycles. The zero-order chi connectivity index (χ0) is 12.5. The molecule has 1 aliphatic carbocycles. The second-order valence-corrected chi connectivity index (χ2v) is 4.15. The zero-order valence-electron chi connectivity index (χ0n) is 9.46. The minimum Gasteiger partial charge on any atom is -0.408 e. The molecule has 0 radical (unpaired) electrons. The molecule has 0 atom stereocenters. The van der Waals surface area contributed by atoms with Crippen molar-refractivity contribution in [3.63, 3.8) is 0 Å². The van der Waals surface area contributed by atoms with Crippen molar-refractivity contribution < 1.29 is 9.21 Å². The molecule has 3 rings (SSSR count). The summed E-state index contributed by atoms with van der Waals surface area (Å²) >= 11 is 0. The van der Waals surface area contributed by atoms with Crippen LogP contribution in [0.1, 0.15) is 35.1 Å². The van der Waals surface area contributed by atoms with E-state index >= 15 is 0 Å². The van der Waals surface area contributed by atoms with Crippen molar-refractivity contribution >= 4 is 17.6 Å². The van der Waals surface area contributed by atoms with Crippen molar-refractivity contribution in [1.82, 2.24) is 15.2 Å². The first kappa shape index (κ1) is 10.7. The molecule has 1 amide bonds. The van der Waals surface area contributed by atoms with Gasteiger partial charge in [-0.3, -0.25) is 10.1 Å². The number of hydrogen-bond acceptors (Lipinski definition) is 6. The first-order valence-corrected chi connectivity index (χ1v) is 5.58. The molecule has 0 aromatic carbocycles. The van der Waals surface area contributed by atoms with E-state index in [9.17, 15) is 4.79 Å². The van der Waals surface area contributed by atoms with E-state index in [-0.39, 0.29) is 11.7 Å². The Morgan fingerprint density at radius 1 is 1.39 bits per heavy atom. The molecule has 3 N–H and O–H groups in total. The highest BCUT2D eigenvalue weighted by atomic mass is 16.4. The number of nitrogen functional groups attached to an aromatic ring is 1. The molecule has 7 nitrogen and oxygen atoms in total. The van der Waals surface area contributed by atoms with Crippen LogP contribution in [-0.2, 0) is 0 Å². The van der Waals surface area contributed by atoms with Gasteiger partial charge in [-0.1, -0.05) is 5.10 Å². The Labute approximate surface area is 102 Å². The normalized spacial score (nSPS) is 14.4. The van der Waals surface area contributed by atoms with E-state index in [2.05, 4.69) is 20.5 Å². The minimum atomic E-state index is -0.402. The second kappa shape index (κ2) is 4.10. The Hall–Kier alpha value is -2.44. The smallest absolute Gasteiger partial charge is 0.322 e. The predicted molar refractivity (Wildman–Crippen MR) is 62.9 cm³/mol. The van der Waals surface area contributed by atoms with Gasteiger partial charge in [-0.25, -0.2) is 4.98 Å². The Bertz CT molecular complexity index is 573. The van der Waals surface area contributed by atoms with E-state index < -0.39 is 5.91 Å². The van der Waals surface area contributed by atoms with Gasteiger partial charge in [-0.05, 0) is 25.0 Å². The second-order valence-electron chi connectivity index (χ2n) is 4.15. The van der Waals surface area contributed by atoms with Gasteiger partial charge >= 0.3 is 6.01 Å². The molecule has 1 fully saturated rings. The number of carbonyl (C=O) groups excluding carboxylic acids is 1. The molecular weight excluding hydrogens is 234 g/mol. The first-order chi connectivity index (χ1) is 8.72. The van der Waals surface area contributed by atoms with Crippen LogP contribution in [0.15, 0.2) is 22.7 Å². The highest BCUT2D eigenvalue weighted by Crippen LogP contribution is 2.39. The van der Waals surface area contributed by atoms with Gasteiger partial charge in [0.2, 0.25) is 5.89 Å². The molecular formula is C11H11N5O2. The molecule has 1 saturated carbocycles. The van der Waals surface area contributed by atoms with E-state index in [0.29, 0.717) is 17.5 Å². The number of rotatable bonds is 3. The standard InChI is InChI=1S/C11H11N5O2/c12-7-3-4-8(13-5-7)9(17)14-11-16-15-10(18-11)6-1-2-6/h3-6H,1-2,12H2,(H,14,16,17). The minimum absolute atomic E-state index is 0.0977. The summed E-state index contributed by atoms with van der Waals surface area (Å²) in [7, 11) is 0. The first-order valence-electron chi connectivity index (χ1n) is 5.58. The van der Waals surface area contributed by atoms with Gasteiger partial charge < -0.3 is 10.2 Å². The van der Waals surface area contributed by atoms with Crippen LogP contribution in [0.3, 0.4) is 0 Å². The number of carbonyl (C=O) groups is 1. The summed E-state index contributed by atoms with van der Waals surface area (Å²) in [6.07, 6.45) is 3.54. The van der Waals surface area contributed by atoms with Gasteiger partial charge in [0.05, 0.1) is 11.9 Å². The number of nitrogens with two attached hydrogens (primary N) is 1. The Morgan fingerprint density at radius 2 is 2.22 bits per heavy atom. The summed E-state index contributed by atoms with van der Waals surface area (Å²) in [5, 5.41) is 10.1. The summed E-state index contributed by atoms with van der Waals surface area (Å²) in [5.41, 5.74) is 6.23. The highest BCUT2D eigenvalue weighted by molar-refractivity contribution is 6.01. The van der Waals surface area contributed by atoms with Gasteiger partial charge in [0.15, 0.2) is 0 Å². The zero-order valence-corrected chi connectivity index (χ0v) is 9.46. The summed E-state index contributed by atoms with van der Waals surface area (Å²) in [6.45, 7) is 0. The fourth-order valence-electron chi connectivity index (χ4n) is 1.48. The van der Waals surface area contributed by atoms with Gasteiger partial charge in [-0.15, -0.1) is 5.10 Å². The summed E-state index contributed by atoms with van der Waals surface area (Å²) in [6, 6.07) is 3.23. The third kappa shape index (κ3) is 2.15. The van der Waals surface area contributed by atoms with Gasteiger partial charge in [0, 0.05) is 5.92 Å². The fourth-order valence-corrected chi connectivity index (χ4v) is 1.48. The largest absolute Gasteiger partial charge is 0.408 e.